The number of aromatic amines is 1. The molecule has 0 fully saturated rings. The molecule has 25 heavy (non-hydrogen) atoms. The number of rotatable bonds is 6. The molecule has 0 aliphatic rings. The first kappa shape index (κ1) is 19.0. The summed E-state index contributed by atoms with van der Waals surface area (Å²) in [5, 5.41) is 7.77. The number of nitrogens with one attached hydrogen (secondary N) is 2. The summed E-state index contributed by atoms with van der Waals surface area (Å²) in [6.07, 6.45) is -1.16. The molecular weight excluding hydrogens is 360 g/mol. The number of nitrogens with zero attached hydrogens (tertiary/aromatic N) is 2. The van der Waals surface area contributed by atoms with Gasteiger partial charge in [-0.15, -0.1) is 5.10 Å². The molecular formula is C15H14F4N4OS. The molecule has 0 aliphatic heterocycles. The smallest absolute Gasteiger partial charge is 0.346 e. The van der Waals surface area contributed by atoms with E-state index in [9.17, 15) is 22.4 Å². The molecule has 5 nitrogen and oxygen atoms in total. The van der Waals surface area contributed by atoms with Gasteiger partial charge in [-0.25, -0.2) is 9.37 Å². The van der Waals surface area contributed by atoms with Gasteiger partial charge in [0, 0.05) is 0 Å². The number of carbonyl (C=O) groups excluding carboxylic acids is 1. The molecule has 0 saturated heterocycles. The molecule has 1 unspecified atom stereocenters. The van der Waals surface area contributed by atoms with E-state index < -0.39 is 23.9 Å². The summed E-state index contributed by atoms with van der Waals surface area (Å²) in [6.45, 7) is 0.0805. The molecule has 0 spiro atoms. The number of thioether (sulfide) groups is 1. The second-order valence-electron chi connectivity index (χ2n) is 4.98. The number of alkyl halides is 3. The minimum atomic E-state index is -4.46. The Labute approximate surface area is 144 Å². The highest BCUT2D eigenvalue weighted by Crippen LogP contribution is 2.20. The van der Waals surface area contributed by atoms with Crippen LogP contribution in [0.15, 0.2) is 29.4 Å². The third-order valence-corrected chi connectivity index (χ3v) is 3.86. The lowest BCUT2D eigenvalue weighted by Gasteiger charge is -2.11. The first-order valence-corrected chi connectivity index (χ1v) is 7.98. The zero-order chi connectivity index (χ0) is 18.4. The average Bonchev–Trinajstić information content (AvgIpc) is 2.98. The SMILES string of the molecule is CC(Sc1n[nH]c(/C=C/c2ccc(F)cc2)n1)C(=O)NCC(F)(F)F. The average molecular weight is 374 g/mol. The number of aromatic nitrogens is 3. The van der Waals surface area contributed by atoms with Gasteiger partial charge in [-0.1, -0.05) is 30.0 Å². The molecule has 1 heterocycles. The van der Waals surface area contributed by atoms with Crippen LogP contribution in [0.2, 0.25) is 0 Å². The Hall–Kier alpha value is -2.36. The quantitative estimate of drug-likeness (QED) is 0.601. The highest BCUT2D eigenvalue weighted by molar-refractivity contribution is 8.00. The Morgan fingerprint density at radius 2 is 2.00 bits per heavy atom. The van der Waals surface area contributed by atoms with E-state index in [0.717, 1.165) is 17.3 Å². The predicted molar refractivity (Wildman–Crippen MR) is 86.1 cm³/mol. The van der Waals surface area contributed by atoms with Gasteiger partial charge in [0.05, 0.1) is 5.25 Å². The molecule has 1 atom stereocenters. The van der Waals surface area contributed by atoms with Gasteiger partial charge in [0.1, 0.15) is 18.2 Å². The standard InChI is InChI=1S/C15H14F4N4OS/c1-9(13(24)20-8-15(17,18)19)25-14-21-12(22-23-14)7-4-10-2-5-11(16)6-3-10/h2-7,9H,8H2,1H3,(H,20,24)(H,21,22,23)/b7-4+. The van der Waals surface area contributed by atoms with Gasteiger partial charge in [0.25, 0.3) is 0 Å². The molecule has 1 amide bonds. The van der Waals surface area contributed by atoms with E-state index in [-0.39, 0.29) is 11.0 Å². The Morgan fingerprint density at radius 3 is 2.64 bits per heavy atom. The van der Waals surface area contributed by atoms with Crippen LogP contribution in [0, 0.1) is 5.82 Å². The van der Waals surface area contributed by atoms with Crippen molar-refractivity contribution in [3.63, 3.8) is 0 Å². The number of amides is 1. The largest absolute Gasteiger partial charge is 0.405 e. The summed E-state index contributed by atoms with van der Waals surface area (Å²) in [5.74, 6) is -0.696. The van der Waals surface area contributed by atoms with Crippen molar-refractivity contribution in [3.05, 3.63) is 41.5 Å². The van der Waals surface area contributed by atoms with Gasteiger partial charge >= 0.3 is 6.18 Å². The van der Waals surface area contributed by atoms with Crippen LogP contribution in [-0.4, -0.2) is 39.1 Å². The number of halogens is 4. The maximum absolute atomic E-state index is 12.8. The predicted octanol–water partition coefficient (Wildman–Crippen LogP) is 3.27. The van der Waals surface area contributed by atoms with E-state index in [1.54, 1.807) is 29.6 Å². The van der Waals surface area contributed by atoms with Crippen LogP contribution >= 0.6 is 11.8 Å². The van der Waals surface area contributed by atoms with Crippen molar-refractivity contribution in [2.75, 3.05) is 6.54 Å². The van der Waals surface area contributed by atoms with Crippen LogP contribution in [-0.2, 0) is 4.79 Å². The molecule has 2 N–H and O–H groups in total. The lowest BCUT2D eigenvalue weighted by atomic mass is 10.2. The fraction of sp³-hybridized carbons (Fsp3) is 0.267. The Bertz CT molecular complexity index is 743. The van der Waals surface area contributed by atoms with Gasteiger partial charge in [-0.2, -0.15) is 13.2 Å². The van der Waals surface area contributed by atoms with Crippen molar-refractivity contribution < 1.29 is 22.4 Å². The van der Waals surface area contributed by atoms with Crippen molar-refractivity contribution in [1.82, 2.24) is 20.5 Å². The molecule has 0 radical (unpaired) electrons. The first-order valence-electron chi connectivity index (χ1n) is 7.10. The highest BCUT2D eigenvalue weighted by Gasteiger charge is 2.29. The van der Waals surface area contributed by atoms with E-state index in [4.69, 9.17) is 0 Å². The Morgan fingerprint density at radius 1 is 1.32 bits per heavy atom. The maximum atomic E-state index is 12.8. The van der Waals surface area contributed by atoms with Crippen molar-refractivity contribution in [1.29, 1.82) is 0 Å². The van der Waals surface area contributed by atoms with Crippen molar-refractivity contribution in [2.45, 2.75) is 23.5 Å². The normalized spacial score (nSPS) is 13.2. The second-order valence-corrected chi connectivity index (χ2v) is 6.29. The van der Waals surface area contributed by atoms with Gasteiger partial charge in [-0.05, 0) is 30.7 Å². The monoisotopic (exact) mass is 374 g/mol. The molecule has 0 bridgehead atoms. The fourth-order valence-corrected chi connectivity index (χ4v) is 2.43. The van der Waals surface area contributed by atoms with E-state index in [1.165, 1.54) is 19.1 Å². The molecule has 2 aromatic rings. The van der Waals surface area contributed by atoms with Crippen LogP contribution in [0.5, 0.6) is 0 Å². The summed E-state index contributed by atoms with van der Waals surface area (Å²) in [7, 11) is 0. The van der Waals surface area contributed by atoms with Crippen LogP contribution in [0.1, 0.15) is 18.3 Å². The molecule has 0 saturated carbocycles. The number of hydrogen-bond donors (Lipinski definition) is 2. The number of H-pyrrole nitrogens is 1. The first-order chi connectivity index (χ1) is 11.7. The third kappa shape index (κ3) is 6.57. The molecule has 1 aromatic heterocycles. The zero-order valence-corrected chi connectivity index (χ0v) is 13.8. The molecule has 1 aromatic carbocycles. The van der Waals surface area contributed by atoms with Gasteiger partial charge in [-0.3, -0.25) is 9.89 Å². The van der Waals surface area contributed by atoms with Crippen molar-refractivity contribution in [3.8, 4) is 0 Å². The molecule has 2 rings (SSSR count). The van der Waals surface area contributed by atoms with E-state index >= 15 is 0 Å². The van der Waals surface area contributed by atoms with Gasteiger partial charge in [0.15, 0.2) is 0 Å². The summed E-state index contributed by atoms with van der Waals surface area (Å²) < 4.78 is 49.0. The zero-order valence-electron chi connectivity index (χ0n) is 13.0. The minimum Gasteiger partial charge on any atom is -0.346 e. The lowest BCUT2D eigenvalue weighted by molar-refractivity contribution is -0.137. The van der Waals surface area contributed by atoms with E-state index in [2.05, 4.69) is 15.2 Å². The van der Waals surface area contributed by atoms with Gasteiger partial charge < -0.3 is 5.32 Å². The highest BCUT2D eigenvalue weighted by atomic mass is 32.2. The molecule has 0 aliphatic carbocycles. The van der Waals surface area contributed by atoms with Gasteiger partial charge in [0.2, 0.25) is 11.1 Å². The summed E-state index contributed by atoms with van der Waals surface area (Å²) >= 11 is 0.930. The Balaban J connectivity index is 1.90. The van der Waals surface area contributed by atoms with Crippen molar-refractivity contribution >= 4 is 29.8 Å². The van der Waals surface area contributed by atoms with Crippen LogP contribution in [0.4, 0.5) is 17.6 Å². The van der Waals surface area contributed by atoms with E-state index in [1.807, 2.05) is 0 Å². The molecule has 134 valence electrons. The Kier molecular flexibility index (Phi) is 6.18. The molecule has 10 heteroatoms. The lowest BCUT2D eigenvalue weighted by Crippen LogP contribution is -2.38. The minimum absolute atomic E-state index is 0.230. The van der Waals surface area contributed by atoms with Crippen LogP contribution in [0.25, 0.3) is 12.2 Å². The number of hydrogen-bond acceptors (Lipinski definition) is 4. The maximum Gasteiger partial charge on any atom is 0.405 e. The van der Waals surface area contributed by atoms with Crippen LogP contribution in [0.3, 0.4) is 0 Å². The van der Waals surface area contributed by atoms with Crippen LogP contribution < -0.4 is 5.32 Å². The topological polar surface area (TPSA) is 70.7 Å². The fourth-order valence-electron chi connectivity index (χ4n) is 1.68. The summed E-state index contributed by atoms with van der Waals surface area (Å²) in [5.41, 5.74) is 0.756. The number of carbonyl (C=O) groups is 1. The third-order valence-electron chi connectivity index (χ3n) is 2.90. The number of benzene rings is 1. The summed E-state index contributed by atoms with van der Waals surface area (Å²) in [6, 6.07) is 5.82. The van der Waals surface area contributed by atoms with E-state index in [0.29, 0.717) is 5.82 Å². The summed E-state index contributed by atoms with van der Waals surface area (Å²) in [4.78, 5) is 15.7. The van der Waals surface area contributed by atoms with Crippen molar-refractivity contribution in [2.24, 2.45) is 0 Å². The second kappa shape index (κ2) is 8.15.